The number of benzene rings is 2. The van der Waals surface area contributed by atoms with Crippen LogP contribution < -0.4 is 15.0 Å². The largest absolute Gasteiger partial charge is 0.497 e. The number of carbonyl (C=O) groups excluding carboxylic acids is 3. The van der Waals surface area contributed by atoms with Crippen molar-refractivity contribution in [3.8, 4) is 5.75 Å². The van der Waals surface area contributed by atoms with E-state index in [1.807, 2.05) is 19.1 Å². The molecule has 0 aliphatic carbocycles. The van der Waals surface area contributed by atoms with Crippen molar-refractivity contribution in [2.24, 2.45) is 0 Å². The molecule has 4 amide bonds. The van der Waals surface area contributed by atoms with E-state index in [2.05, 4.69) is 5.32 Å². The number of nitrogens with zero attached hydrogens (tertiary/aromatic N) is 2. The van der Waals surface area contributed by atoms with Crippen molar-refractivity contribution in [3.63, 3.8) is 0 Å². The Labute approximate surface area is 157 Å². The van der Waals surface area contributed by atoms with Crippen LogP contribution in [0.2, 0.25) is 0 Å². The predicted octanol–water partition coefficient (Wildman–Crippen LogP) is 2.80. The van der Waals surface area contributed by atoms with Crippen molar-refractivity contribution < 1.29 is 19.1 Å². The van der Waals surface area contributed by atoms with E-state index >= 15 is 0 Å². The van der Waals surface area contributed by atoms with Crippen LogP contribution in [-0.2, 0) is 9.59 Å². The van der Waals surface area contributed by atoms with E-state index in [9.17, 15) is 14.4 Å². The Morgan fingerprint density at radius 1 is 1.15 bits per heavy atom. The first kappa shape index (κ1) is 18.4. The van der Waals surface area contributed by atoms with E-state index in [1.165, 1.54) is 12.0 Å². The molecule has 0 unspecified atom stereocenters. The van der Waals surface area contributed by atoms with Gasteiger partial charge in [0.05, 0.1) is 7.11 Å². The summed E-state index contributed by atoms with van der Waals surface area (Å²) in [6, 6.07) is 13.0. The van der Waals surface area contributed by atoms with Crippen LogP contribution in [0.5, 0.6) is 5.75 Å². The van der Waals surface area contributed by atoms with Crippen LogP contribution in [0.4, 0.5) is 16.2 Å². The van der Waals surface area contributed by atoms with Gasteiger partial charge in [0.1, 0.15) is 18.3 Å². The smallest absolute Gasteiger partial charge is 0.332 e. The highest BCUT2D eigenvalue weighted by Crippen LogP contribution is 2.26. The topological polar surface area (TPSA) is 79.0 Å². The van der Waals surface area contributed by atoms with E-state index in [0.29, 0.717) is 17.1 Å². The van der Waals surface area contributed by atoms with Crippen LogP contribution in [0.3, 0.4) is 0 Å². The van der Waals surface area contributed by atoms with Crippen LogP contribution in [0.1, 0.15) is 12.5 Å². The molecule has 0 spiro atoms. The van der Waals surface area contributed by atoms with E-state index in [0.717, 1.165) is 10.5 Å². The van der Waals surface area contributed by atoms with E-state index in [4.69, 9.17) is 4.74 Å². The number of amides is 4. The second kappa shape index (κ2) is 7.49. The highest BCUT2D eigenvalue weighted by molar-refractivity contribution is 6.16. The van der Waals surface area contributed by atoms with Gasteiger partial charge < -0.3 is 10.1 Å². The molecule has 2 aromatic carbocycles. The number of aryl methyl sites for hydroxylation is 1. The summed E-state index contributed by atoms with van der Waals surface area (Å²) in [5, 5.41) is 2.68. The maximum absolute atomic E-state index is 12.7. The standard InChI is InChI=1S/C20H21N3O4/c1-13-7-9-16(10-8-13)23-14(2)19(25)22(20(23)26)12-18(24)21-15-5-4-6-17(11-15)27-3/h4-11,14H,12H2,1-3H3,(H,21,24)/t14-/m1/s1. The number of nitrogens with one attached hydrogen (secondary N) is 1. The third-order valence-corrected chi connectivity index (χ3v) is 4.42. The predicted molar refractivity (Wildman–Crippen MR) is 102 cm³/mol. The number of ether oxygens (including phenoxy) is 1. The molecule has 0 bridgehead atoms. The minimum absolute atomic E-state index is 0.346. The number of rotatable bonds is 5. The molecule has 27 heavy (non-hydrogen) atoms. The zero-order chi connectivity index (χ0) is 19.6. The Hall–Kier alpha value is -3.35. The Morgan fingerprint density at radius 3 is 2.52 bits per heavy atom. The van der Waals surface area contributed by atoms with Gasteiger partial charge >= 0.3 is 6.03 Å². The van der Waals surface area contributed by atoms with Gasteiger partial charge in [-0.25, -0.2) is 4.79 Å². The minimum Gasteiger partial charge on any atom is -0.497 e. The second-order valence-corrected chi connectivity index (χ2v) is 6.37. The number of hydrogen-bond acceptors (Lipinski definition) is 4. The Morgan fingerprint density at radius 2 is 1.85 bits per heavy atom. The molecule has 2 aromatic rings. The van der Waals surface area contributed by atoms with Gasteiger partial charge in [0.15, 0.2) is 0 Å². The molecular formula is C20H21N3O4. The lowest BCUT2D eigenvalue weighted by Crippen LogP contribution is -2.39. The molecule has 140 valence electrons. The molecule has 0 aromatic heterocycles. The monoisotopic (exact) mass is 367 g/mol. The SMILES string of the molecule is COc1cccc(NC(=O)CN2C(=O)[C@@H](C)N(c3ccc(C)cc3)C2=O)c1. The Balaban J connectivity index is 1.72. The lowest BCUT2D eigenvalue weighted by molar-refractivity contribution is -0.130. The van der Waals surface area contributed by atoms with Gasteiger partial charge in [-0.3, -0.25) is 19.4 Å². The maximum atomic E-state index is 12.7. The van der Waals surface area contributed by atoms with E-state index in [-0.39, 0.29) is 6.54 Å². The average molecular weight is 367 g/mol. The van der Waals surface area contributed by atoms with Gasteiger partial charge in [-0.1, -0.05) is 23.8 Å². The van der Waals surface area contributed by atoms with Crippen molar-refractivity contribution in [3.05, 3.63) is 54.1 Å². The molecule has 1 N–H and O–H groups in total. The molecule has 1 heterocycles. The normalized spacial score (nSPS) is 16.6. The molecular weight excluding hydrogens is 346 g/mol. The first-order valence-corrected chi connectivity index (χ1v) is 8.56. The molecule has 1 fully saturated rings. The number of urea groups is 1. The van der Waals surface area contributed by atoms with Gasteiger partial charge in [-0.05, 0) is 38.1 Å². The van der Waals surface area contributed by atoms with Gasteiger partial charge in [-0.2, -0.15) is 0 Å². The summed E-state index contributed by atoms with van der Waals surface area (Å²) in [7, 11) is 1.53. The van der Waals surface area contributed by atoms with Crippen LogP contribution in [0, 0.1) is 6.92 Å². The van der Waals surface area contributed by atoms with Gasteiger partial charge in [0, 0.05) is 17.4 Å². The van der Waals surface area contributed by atoms with Gasteiger partial charge in [0.2, 0.25) is 5.91 Å². The zero-order valence-corrected chi connectivity index (χ0v) is 15.4. The van der Waals surface area contributed by atoms with Crippen LogP contribution in [0.15, 0.2) is 48.5 Å². The lowest BCUT2D eigenvalue weighted by Gasteiger charge is -2.19. The molecule has 0 radical (unpaired) electrons. The highest BCUT2D eigenvalue weighted by atomic mass is 16.5. The van der Waals surface area contributed by atoms with E-state index in [1.54, 1.807) is 43.3 Å². The molecule has 7 nitrogen and oxygen atoms in total. The first-order valence-electron chi connectivity index (χ1n) is 8.56. The van der Waals surface area contributed by atoms with Crippen molar-refractivity contribution >= 4 is 29.2 Å². The fraction of sp³-hybridized carbons (Fsp3) is 0.250. The summed E-state index contributed by atoms with van der Waals surface area (Å²) >= 11 is 0. The molecule has 7 heteroatoms. The first-order chi connectivity index (χ1) is 12.9. The summed E-state index contributed by atoms with van der Waals surface area (Å²) in [6.07, 6.45) is 0. The summed E-state index contributed by atoms with van der Waals surface area (Å²) in [5.74, 6) is -0.260. The number of anilines is 2. The number of carbonyl (C=O) groups is 3. The van der Waals surface area contributed by atoms with E-state index < -0.39 is 23.9 Å². The quantitative estimate of drug-likeness (QED) is 0.824. The fourth-order valence-corrected chi connectivity index (χ4v) is 2.96. The van der Waals surface area contributed by atoms with Crippen LogP contribution >= 0.6 is 0 Å². The summed E-state index contributed by atoms with van der Waals surface area (Å²) in [4.78, 5) is 40.0. The third-order valence-electron chi connectivity index (χ3n) is 4.42. The summed E-state index contributed by atoms with van der Waals surface area (Å²) < 4.78 is 5.11. The van der Waals surface area contributed by atoms with Crippen molar-refractivity contribution in [1.82, 2.24) is 4.90 Å². The fourth-order valence-electron chi connectivity index (χ4n) is 2.96. The second-order valence-electron chi connectivity index (χ2n) is 6.37. The van der Waals surface area contributed by atoms with Crippen molar-refractivity contribution in [2.45, 2.75) is 19.9 Å². The molecule has 3 rings (SSSR count). The third kappa shape index (κ3) is 3.76. The van der Waals surface area contributed by atoms with Crippen molar-refractivity contribution in [1.29, 1.82) is 0 Å². The number of imide groups is 1. The molecule has 1 saturated heterocycles. The van der Waals surface area contributed by atoms with Gasteiger partial charge in [0.25, 0.3) is 5.91 Å². The Bertz CT molecular complexity index is 879. The highest BCUT2D eigenvalue weighted by Gasteiger charge is 2.44. The van der Waals surface area contributed by atoms with Gasteiger partial charge in [-0.15, -0.1) is 0 Å². The lowest BCUT2D eigenvalue weighted by atomic mass is 10.2. The molecule has 1 aliphatic rings. The van der Waals surface area contributed by atoms with Crippen molar-refractivity contribution in [2.75, 3.05) is 23.9 Å². The van der Waals surface area contributed by atoms with Crippen LogP contribution in [0.25, 0.3) is 0 Å². The van der Waals surface area contributed by atoms with Crippen LogP contribution in [-0.4, -0.2) is 42.4 Å². The average Bonchev–Trinajstić information content (AvgIpc) is 2.86. The minimum atomic E-state index is -0.662. The maximum Gasteiger partial charge on any atom is 0.332 e. The molecule has 0 saturated carbocycles. The molecule has 1 atom stereocenters. The molecule has 1 aliphatic heterocycles. The Kier molecular flexibility index (Phi) is 5.12. The summed E-state index contributed by atoms with van der Waals surface area (Å²) in [5.41, 5.74) is 2.21. The summed E-state index contributed by atoms with van der Waals surface area (Å²) in [6.45, 7) is 3.25. The number of hydrogen-bond donors (Lipinski definition) is 1. The zero-order valence-electron chi connectivity index (χ0n) is 15.4. The number of methoxy groups -OCH3 is 1.